The van der Waals surface area contributed by atoms with Gasteiger partial charge in [0.25, 0.3) is 20.2 Å². The van der Waals surface area contributed by atoms with E-state index in [0.29, 0.717) is 30.9 Å². The van der Waals surface area contributed by atoms with Crippen molar-refractivity contribution in [2.24, 2.45) is 10.4 Å². The quantitative estimate of drug-likeness (QED) is 0.0426. The van der Waals surface area contributed by atoms with Crippen LogP contribution in [0.2, 0.25) is 0 Å². The maximum absolute atomic E-state index is 11.9. The normalized spacial score (nSPS) is 21.5. The first-order valence-corrected chi connectivity index (χ1v) is 26.4. The van der Waals surface area contributed by atoms with Crippen LogP contribution in [0.1, 0.15) is 84.3 Å². The van der Waals surface area contributed by atoms with Crippen molar-refractivity contribution in [2.75, 3.05) is 34.4 Å². The van der Waals surface area contributed by atoms with Gasteiger partial charge in [0.05, 0.1) is 34.4 Å². The van der Waals surface area contributed by atoms with E-state index < -0.39 is 25.7 Å². The second-order valence-corrected chi connectivity index (χ2v) is 22.7. The van der Waals surface area contributed by atoms with Gasteiger partial charge in [0.2, 0.25) is 0 Å². The minimum Gasteiger partial charge on any atom is -0.461 e. The molecule has 0 aromatic heterocycles. The van der Waals surface area contributed by atoms with Crippen molar-refractivity contribution in [1.82, 2.24) is 0 Å². The fourth-order valence-corrected chi connectivity index (χ4v) is 12.1. The molecule has 0 bridgehead atoms. The molecule has 2 N–H and O–H groups in total. The zero-order valence-corrected chi connectivity index (χ0v) is 40.7. The van der Waals surface area contributed by atoms with Gasteiger partial charge in [-0.05, 0) is 125 Å². The van der Waals surface area contributed by atoms with Crippen molar-refractivity contribution >= 4 is 76.2 Å². The Morgan fingerprint density at radius 1 is 0.727 bits per heavy atom. The molecule has 0 spiro atoms. The first-order valence-electron chi connectivity index (χ1n) is 22.7. The number of rotatable bonds is 16. The average Bonchev–Trinajstić information content (AvgIpc) is 3.62. The number of hydrogen-bond acceptors (Lipinski definition) is 9. The summed E-state index contributed by atoms with van der Waals surface area (Å²) in [6.07, 6.45) is 12.9. The monoisotopic (exact) mass is 945 g/mol. The zero-order chi connectivity index (χ0) is 47.1. The molecule has 3 unspecified atom stereocenters. The van der Waals surface area contributed by atoms with Gasteiger partial charge in [-0.15, -0.1) is 0 Å². The minimum absolute atomic E-state index is 0.0944. The van der Waals surface area contributed by atoms with E-state index in [9.17, 15) is 25.9 Å². The van der Waals surface area contributed by atoms with E-state index in [4.69, 9.17) is 17.0 Å². The lowest BCUT2D eigenvalue weighted by Gasteiger charge is -2.37. The Morgan fingerprint density at radius 3 is 1.76 bits per heavy atom. The highest BCUT2D eigenvalue weighted by atomic mass is 32.2. The van der Waals surface area contributed by atoms with Crippen molar-refractivity contribution < 1.29 is 30.7 Å². The molecule has 0 saturated carbocycles. The summed E-state index contributed by atoms with van der Waals surface area (Å²) in [5.41, 5.74) is 5.21. The van der Waals surface area contributed by atoms with Crippen molar-refractivity contribution in [1.29, 1.82) is 0 Å². The van der Waals surface area contributed by atoms with E-state index in [2.05, 4.69) is 140 Å². The second-order valence-electron chi connectivity index (χ2n) is 19.4. The van der Waals surface area contributed by atoms with Crippen LogP contribution in [0, 0.1) is 5.41 Å². The van der Waals surface area contributed by atoms with Crippen LogP contribution in [0.3, 0.4) is 0 Å². The number of fused-ring (bicyclic) bond motifs is 6. The minimum atomic E-state index is -4.14. The van der Waals surface area contributed by atoms with Crippen LogP contribution in [-0.2, 0) is 31.1 Å². The molecule has 2 heterocycles. The average molecular weight is 946 g/mol. The second kappa shape index (κ2) is 18.5. The summed E-state index contributed by atoms with van der Waals surface area (Å²) in [5.74, 6) is 0.913. The highest BCUT2D eigenvalue weighted by Gasteiger charge is 2.46. The third-order valence-electron chi connectivity index (χ3n) is 14.1. The predicted octanol–water partition coefficient (Wildman–Crippen LogP) is 11.9. The van der Waals surface area contributed by atoms with Crippen LogP contribution < -0.4 is 14.5 Å². The largest absolute Gasteiger partial charge is 0.461 e. The van der Waals surface area contributed by atoms with Crippen LogP contribution in [0.25, 0.3) is 21.5 Å². The Balaban J connectivity index is 1.17. The SMILES string of the molecule is CC1(C/C=C/C2N(CCCS(=O)(=O)O)c3ccc4ccccc4c3C2(C)C)CCCC(/C=C/C2N(CCCS(=O)(=O)O)c3ccc4ccccc4c3C2(C)C)=C1Oc1ccc(N=C=S)cc1. The molecule has 0 radical (unpaired) electrons. The van der Waals surface area contributed by atoms with E-state index in [0.717, 1.165) is 58.1 Å². The molecule has 2 aliphatic heterocycles. The molecule has 5 aromatic rings. The molecule has 1 aliphatic carbocycles. The van der Waals surface area contributed by atoms with Gasteiger partial charge >= 0.3 is 0 Å². The molecule has 5 aromatic carbocycles. The molecule has 8 rings (SSSR count). The molecule has 3 atom stereocenters. The molecular weight excluding hydrogens is 887 g/mol. The summed E-state index contributed by atoms with van der Waals surface area (Å²) in [7, 11) is -8.26. The van der Waals surface area contributed by atoms with Crippen LogP contribution in [0.4, 0.5) is 17.1 Å². The number of anilines is 2. The Bertz CT molecular complexity index is 3030. The molecule has 10 nitrogen and oxygen atoms in total. The topological polar surface area (TPSA) is 137 Å². The van der Waals surface area contributed by atoms with Gasteiger partial charge < -0.3 is 14.5 Å². The highest BCUT2D eigenvalue weighted by Crippen LogP contribution is 2.52. The number of allylic oxidation sites excluding steroid dienone is 4. The Morgan fingerprint density at radius 2 is 1.24 bits per heavy atom. The summed E-state index contributed by atoms with van der Waals surface area (Å²) >= 11 is 4.86. The van der Waals surface area contributed by atoms with E-state index in [1.165, 1.54) is 16.5 Å². The van der Waals surface area contributed by atoms with Crippen molar-refractivity contribution in [3.63, 3.8) is 0 Å². The van der Waals surface area contributed by atoms with E-state index in [-0.39, 0.29) is 47.3 Å². The molecule has 0 saturated heterocycles. The Kier molecular flexibility index (Phi) is 13.3. The molecule has 13 heteroatoms. The van der Waals surface area contributed by atoms with Crippen molar-refractivity contribution in [2.45, 2.75) is 96.1 Å². The van der Waals surface area contributed by atoms with Gasteiger partial charge in [0.1, 0.15) is 11.5 Å². The van der Waals surface area contributed by atoms with Gasteiger partial charge in [-0.1, -0.05) is 120 Å². The lowest BCUT2D eigenvalue weighted by molar-refractivity contribution is 0.216. The van der Waals surface area contributed by atoms with Gasteiger partial charge in [0.15, 0.2) is 0 Å². The maximum atomic E-state index is 11.9. The van der Waals surface area contributed by atoms with E-state index in [1.807, 2.05) is 36.4 Å². The van der Waals surface area contributed by atoms with E-state index >= 15 is 0 Å². The highest BCUT2D eigenvalue weighted by molar-refractivity contribution is 7.86. The number of benzene rings is 5. The fourth-order valence-electron chi connectivity index (χ4n) is 11.0. The molecular formula is C53H59N3O7S3. The van der Waals surface area contributed by atoms with Crippen LogP contribution in [-0.4, -0.2) is 67.8 Å². The standard InChI is InChI=1S/C53H59N3O7S3/c1-51(2)46(55(32-12-34-65(57,58)59)44-27-20-37-14-6-8-17-42(37)48(44)51)19-11-31-53(5)30-10-16-39(50(53)63-41-25-23-40(24-26-41)54-36-64)22-29-47-52(3,4)49-43-18-9-7-15-38(43)21-28-45(49)56(47)33-13-35-66(60,61)62/h6-9,11,14-15,17-29,46-47H,10,12-13,16,30-35H2,1-5H3,(H,57,58,59)(H,60,61,62)/b19-11+,29-22+. The van der Waals surface area contributed by atoms with Crippen molar-refractivity contribution in [3.8, 4) is 5.75 Å². The predicted molar refractivity (Wildman–Crippen MR) is 272 cm³/mol. The number of ether oxygens (including phenoxy) is 1. The third kappa shape index (κ3) is 9.66. The Labute approximate surface area is 395 Å². The first kappa shape index (κ1) is 47.4. The molecule has 66 heavy (non-hydrogen) atoms. The molecule has 346 valence electrons. The van der Waals surface area contributed by atoms with Gasteiger partial charge in [-0.3, -0.25) is 9.11 Å². The smallest absolute Gasteiger partial charge is 0.264 e. The summed E-state index contributed by atoms with van der Waals surface area (Å²) in [4.78, 5) is 8.73. The Hall–Kier alpha value is -5.14. The maximum Gasteiger partial charge on any atom is 0.264 e. The summed E-state index contributed by atoms with van der Waals surface area (Å²) < 4.78 is 73.8. The van der Waals surface area contributed by atoms with E-state index in [1.54, 1.807) is 0 Å². The summed E-state index contributed by atoms with van der Waals surface area (Å²) in [6, 6.07) is 32.6. The fraction of sp³-hybridized carbons (Fsp3) is 0.377. The summed E-state index contributed by atoms with van der Waals surface area (Å²) in [6.45, 7) is 12.2. The van der Waals surface area contributed by atoms with Gasteiger partial charge in [-0.2, -0.15) is 21.8 Å². The number of thiocarbonyl (C=S) groups is 1. The van der Waals surface area contributed by atoms with Crippen LogP contribution in [0.5, 0.6) is 5.75 Å². The lowest BCUT2D eigenvalue weighted by atomic mass is 9.72. The number of hydrogen-bond donors (Lipinski definition) is 2. The van der Waals surface area contributed by atoms with Crippen molar-refractivity contribution in [3.05, 3.63) is 144 Å². The number of nitrogens with zero attached hydrogens (tertiary/aromatic N) is 3. The summed E-state index contributed by atoms with van der Waals surface area (Å²) in [5, 5.41) is 7.06. The lowest BCUT2D eigenvalue weighted by Crippen LogP contribution is -2.41. The van der Waals surface area contributed by atoms with Crippen LogP contribution in [0.15, 0.2) is 138 Å². The molecule has 0 amide bonds. The number of aliphatic imine (C=N–C) groups is 1. The third-order valence-corrected chi connectivity index (χ3v) is 15.8. The van der Waals surface area contributed by atoms with Gasteiger partial charge in [0, 0.05) is 40.7 Å². The molecule has 0 fully saturated rings. The number of isothiocyanates is 1. The molecule has 3 aliphatic rings. The first-order chi connectivity index (χ1) is 31.3. The van der Waals surface area contributed by atoms with Gasteiger partial charge in [-0.25, -0.2) is 0 Å². The van der Waals surface area contributed by atoms with Crippen LogP contribution >= 0.6 is 12.2 Å². The zero-order valence-electron chi connectivity index (χ0n) is 38.3.